The minimum absolute atomic E-state index is 0.187. The molecule has 0 aliphatic heterocycles. The first-order chi connectivity index (χ1) is 49.0. The summed E-state index contributed by atoms with van der Waals surface area (Å²) in [4.78, 5) is 100. The fourth-order valence-electron chi connectivity index (χ4n) is 10.9. The van der Waals surface area contributed by atoms with Gasteiger partial charge in [-0.2, -0.15) is 0 Å². The topological polar surface area (TPSA) is 563 Å². The van der Waals surface area contributed by atoms with E-state index in [1.165, 1.54) is 135 Å². The molecule has 10 atom stereocenters. The molecule has 4 fully saturated rings. The number of aromatic hydroxyl groups is 10. The number of esters is 5. The highest BCUT2D eigenvalue weighted by molar-refractivity contribution is 5.92. The molecule has 33 nitrogen and oxygen atoms in total. The summed E-state index contributed by atoms with van der Waals surface area (Å²) in [6.07, 6.45) is -3.13. The maximum Gasteiger partial charge on any atom is 0.331 e. The summed E-state index contributed by atoms with van der Waals surface area (Å²) in [6, 6.07) is 18.9. The summed E-state index contributed by atoms with van der Waals surface area (Å²) in [5, 5.41) is 174. The number of phenolic OH excluding ortho intramolecular Hbond substituents is 10. The maximum absolute atomic E-state index is 13.3. The van der Waals surface area contributed by atoms with Crippen molar-refractivity contribution >= 4 is 77.9 Å². The molecule has 3 amide bonds. The number of rotatable bonds is 19. The number of hydrogen-bond donors (Lipinski definition) is 20. The molecule has 9 rings (SSSR count). The van der Waals surface area contributed by atoms with Gasteiger partial charge in [0.15, 0.2) is 69.2 Å². The van der Waals surface area contributed by atoms with Crippen molar-refractivity contribution in [1.82, 2.24) is 16.0 Å². The van der Waals surface area contributed by atoms with Crippen LogP contribution in [0.25, 0.3) is 30.4 Å². The van der Waals surface area contributed by atoms with Gasteiger partial charge in [0.1, 0.15) is 47.8 Å². The summed E-state index contributed by atoms with van der Waals surface area (Å²) in [5.74, 6) is -11.0. The van der Waals surface area contributed by atoms with Gasteiger partial charge in [-0.05, 0) is 132 Å². The molecule has 33 heteroatoms. The molecule has 0 unspecified atom stereocenters. The van der Waals surface area contributed by atoms with Crippen molar-refractivity contribution in [3.8, 4) is 57.5 Å². The Kier molecular flexibility index (Phi) is 26.6. The molecule has 0 heterocycles. The van der Waals surface area contributed by atoms with Crippen LogP contribution in [0.2, 0.25) is 0 Å². The van der Waals surface area contributed by atoms with Crippen LogP contribution in [0, 0.1) is 0 Å². The Labute approximate surface area is 590 Å². The summed E-state index contributed by atoms with van der Waals surface area (Å²) >= 11 is 0. The predicted molar refractivity (Wildman–Crippen MR) is 359 cm³/mol. The van der Waals surface area contributed by atoms with E-state index in [1.807, 2.05) is 0 Å². The molecular formula is C71H77N3O30. The molecule has 0 spiro atoms. The summed E-state index contributed by atoms with van der Waals surface area (Å²) in [6.45, 7) is 0. The monoisotopic (exact) mass is 1450 g/mol. The van der Waals surface area contributed by atoms with Crippen LogP contribution in [0.5, 0.6) is 57.5 Å². The molecule has 0 aromatic heterocycles. The van der Waals surface area contributed by atoms with Gasteiger partial charge in [0, 0.05) is 89.0 Å². The lowest BCUT2D eigenvalue weighted by atomic mass is 9.78. The normalized spacial score (nSPS) is 25.1. The second kappa shape index (κ2) is 34.8. The fourth-order valence-corrected chi connectivity index (χ4v) is 10.9. The number of benzene rings is 5. The minimum Gasteiger partial charge on any atom is -0.504 e. The number of aliphatic hydroxyl groups excluding tert-OH is 4. The summed E-state index contributed by atoms with van der Waals surface area (Å²) < 4.78 is 27.0. The molecule has 104 heavy (non-hydrogen) atoms. The van der Waals surface area contributed by atoms with E-state index in [0.29, 0.717) is 40.7 Å². The van der Waals surface area contributed by atoms with Crippen LogP contribution in [0.15, 0.2) is 121 Å². The van der Waals surface area contributed by atoms with Gasteiger partial charge < -0.3 is 126 Å². The van der Waals surface area contributed by atoms with Crippen LogP contribution < -0.4 is 16.0 Å². The largest absolute Gasteiger partial charge is 0.504 e. The average molecular weight is 1450 g/mol. The number of amides is 3. The molecule has 20 N–H and O–H groups in total. The first kappa shape index (κ1) is 79.6. The molecule has 0 bridgehead atoms. The van der Waals surface area contributed by atoms with Crippen LogP contribution in [0.4, 0.5) is 0 Å². The van der Waals surface area contributed by atoms with E-state index in [-0.39, 0.29) is 72.0 Å². The molecule has 4 aliphatic carbocycles. The fraction of sp³-hybridized carbons (Fsp3) is 0.324. The number of nitrogens with one attached hydrogen (secondary N) is 3. The van der Waals surface area contributed by atoms with Crippen LogP contribution >= 0.6 is 0 Å². The Morgan fingerprint density at radius 1 is 0.346 bits per heavy atom. The van der Waals surface area contributed by atoms with Crippen LogP contribution in [-0.4, -0.2) is 226 Å². The Bertz CT molecular complexity index is 3940. The highest BCUT2D eigenvalue weighted by Crippen LogP contribution is 2.39. The van der Waals surface area contributed by atoms with Gasteiger partial charge in [0.2, 0.25) is 0 Å². The van der Waals surface area contributed by atoms with Crippen molar-refractivity contribution in [3.63, 3.8) is 0 Å². The third-order valence-electron chi connectivity index (χ3n) is 16.5. The molecule has 5 aromatic carbocycles. The number of likely N-dealkylation sites (N-methyl/N-ethyl adjacent to an activating group) is 2. The van der Waals surface area contributed by atoms with Crippen LogP contribution in [0.1, 0.15) is 79.2 Å². The van der Waals surface area contributed by atoms with E-state index in [1.54, 1.807) is 0 Å². The minimum atomic E-state index is -2.26. The van der Waals surface area contributed by atoms with Gasteiger partial charge in [-0.3, -0.25) is 14.4 Å². The number of aliphatic hydroxyl groups is 7. The van der Waals surface area contributed by atoms with Crippen molar-refractivity contribution < 1.29 is 149 Å². The SMILES string of the molecule is CNC(=O)[C@@]1(O)C[C@@H](O)[C@H](O)[C@H](OC(=O)/C=C/c2ccc(O)c(O)c2)C1.CNC(=O)[C@]1(O)C[C@@H](O)[C@@H](O)[C@H](OC(=O)/C=C/c2ccc(O)c(O)c2)C1.O=C(/C=C/c1ccc(O)c(O)c1)OC1[C@H](OC(=O)/C=C/c2ccc(O)c(O)c2)CC(O)(C(=O)NC2CC2)C[C@H]1OC(=O)/C=C/c1ccc(O)c(O)c1. The zero-order valence-corrected chi connectivity index (χ0v) is 55.3. The first-order valence-electron chi connectivity index (χ1n) is 31.7. The lowest BCUT2D eigenvalue weighted by Crippen LogP contribution is -2.61. The zero-order valence-electron chi connectivity index (χ0n) is 55.3. The Morgan fingerprint density at radius 2 is 0.587 bits per heavy atom. The van der Waals surface area contributed by atoms with Gasteiger partial charge >= 0.3 is 29.8 Å². The van der Waals surface area contributed by atoms with Gasteiger partial charge in [-0.25, -0.2) is 24.0 Å². The summed E-state index contributed by atoms with van der Waals surface area (Å²) in [7, 11) is 2.63. The van der Waals surface area contributed by atoms with Gasteiger partial charge in [-0.15, -0.1) is 0 Å². The third-order valence-corrected chi connectivity index (χ3v) is 16.5. The lowest BCUT2D eigenvalue weighted by molar-refractivity contribution is -0.205. The highest BCUT2D eigenvalue weighted by Gasteiger charge is 2.55. The lowest BCUT2D eigenvalue weighted by Gasteiger charge is -2.43. The number of phenols is 10. The number of ether oxygens (including phenoxy) is 5. The molecule has 5 aromatic rings. The van der Waals surface area contributed by atoms with Crippen LogP contribution in [0.3, 0.4) is 0 Å². The third kappa shape index (κ3) is 21.9. The van der Waals surface area contributed by atoms with E-state index in [2.05, 4.69) is 16.0 Å². The Balaban J connectivity index is 0.000000243. The smallest absolute Gasteiger partial charge is 0.331 e. The first-order valence-corrected chi connectivity index (χ1v) is 31.7. The van der Waals surface area contributed by atoms with Gasteiger partial charge in [-0.1, -0.05) is 30.3 Å². The number of carbonyl (C=O) groups is 8. The van der Waals surface area contributed by atoms with E-state index in [9.17, 15) is 125 Å². The maximum atomic E-state index is 13.3. The van der Waals surface area contributed by atoms with Crippen molar-refractivity contribution in [2.45, 2.75) is 129 Å². The number of carbonyl (C=O) groups excluding carboxylic acids is 8. The summed E-state index contributed by atoms with van der Waals surface area (Å²) in [5.41, 5.74) is -4.50. The highest BCUT2D eigenvalue weighted by atomic mass is 16.6. The van der Waals surface area contributed by atoms with Crippen molar-refractivity contribution in [2.75, 3.05) is 14.1 Å². The average Bonchev–Trinajstić information content (AvgIpc) is 0.953. The standard InChI is InChI=1S/C37H35NO14.2C17H21NO8/c39-24-9-1-20(15-27(24)42)4-12-32(45)50-30-18-37(49,36(48)38-23-7-8-23)19-31(51-33(46)13-5-21-2-10-25(40)28(43)16-21)35(30)52-34(47)14-6-22-3-11-26(41)29(44)17-22;2*1-18-16(24)17(25)7-12(21)15(23)13(8-17)26-14(22)5-3-9-2-4-10(19)11(20)6-9/h1-6,9-17,23,30-31,35,39-44,49H,7-8,18-19H2,(H,38,48);2*2-6,12-13,15,19-21,23,25H,7-8H2,1H3,(H,18,24)/b12-4+,13-5+,14-6+;2*5-3+/t30-,31-,35?,37?;12-,13-,15+,17-;12-,13-,15-,17+/m111/s1. The predicted octanol–water partition coefficient (Wildman–Crippen LogP) is 0.930. The van der Waals surface area contributed by atoms with Crippen LogP contribution in [-0.2, 0) is 62.0 Å². The molecule has 4 saturated carbocycles. The zero-order chi connectivity index (χ0) is 76.5. The number of hydrogen-bond acceptors (Lipinski definition) is 30. The van der Waals surface area contributed by atoms with Crippen molar-refractivity contribution in [2.24, 2.45) is 0 Å². The molecule has 0 radical (unpaired) electrons. The Morgan fingerprint density at radius 3 is 0.837 bits per heavy atom. The van der Waals surface area contributed by atoms with E-state index in [4.69, 9.17) is 23.7 Å². The van der Waals surface area contributed by atoms with Crippen molar-refractivity contribution in [3.05, 3.63) is 149 Å². The molecule has 4 aliphatic rings. The van der Waals surface area contributed by atoms with E-state index in [0.717, 1.165) is 30.4 Å². The second-order valence-electron chi connectivity index (χ2n) is 24.6. The quantitative estimate of drug-likeness (QED) is 0.0237. The Hall–Kier alpha value is -11.7. The van der Waals surface area contributed by atoms with Gasteiger partial charge in [0.25, 0.3) is 17.7 Å². The van der Waals surface area contributed by atoms with Crippen molar-refractivity contribution in [1.29, 1.82) is 0 Å². The molecule has 556 valence electrons. The van der Waals surface area contributed by atoms with Gasteiger partial charge in [0.05, 0.1) is 12.2 Å². The molecule has 0 saturated heterocycles. The van der Waals surface area contributed by atoms with E-state index >= 15 is 0 Å². The van der Waals surface area contributed by atoms with E-state index < -0.39 is 149 Å². The second-order valence-corrected chi connectivity index (χ2v) is 24.6. The molecular weight excluding hydrogens is 1370 g/mol.